The van der Waals surface area contributed by atoms with Gasteiger partial charge in [-0.2, -0.15) is 5.10 Å². The monoisotopic (exact) mass is 346 g/mol. The quantitative estimate of drug-likeness (QED) is 0.837. The molecule has 2 heterocycles. The number of nitrogens with zero attached hydrogens (tertiary/aromatic N) is 2. The van der Waals surface area contributed by atoms with Crippen molar-refractivity contribution >= 4 is 23.3 Å². The molecule has 7 nitrogen and oxygen atoms in total. The highest BCUT2D eigenvalue weighted by Crippen LogP contribution is 2.37. The van der Waals surface area contributed by atoms with Crippen molar-refractivity contribution in [3.63, 3.8) is 0 Å². The highest BCUT2D eigenvalue weighted by molar-refractivity contribution is 7.14. The lowest BCUT2D eigenvalue weighted by molar-refractivity contribution is 0.0603. The maximum Gasteiger partial charge on any atom is 0.351 e. The highest BCUT2D eigenvalue weighted by Gasteiger charge is 2.30. The van der Waals surface area contributed by atoms with Gasteiger partial charge in [0.25, 0.3) is 6.43 Å². The summed E-state index contributed by atoms with van der Waals surface area (Å²) in [6, 6.07) is 1.48. The zero-order chi connectivity index (χ0) is 17.3. The summed E-state index contributed by atoms with van der Waals surface area (Å²) in [5.41, 5.74) is -1.65. The molecule has 0 aliphatic heterocycles. The van der Waals surface area contributed by atoms with Gasteiger partial charge in [-0.05, 0) is 13.0 Å². The van der Waals surface area contributed by atoms with E-state index in [1.807, 2.05) is 0 Å². The molecule has 0 atom stereocenters. The number of thiophene rings is 1. The van der Waals surface area contributed by atoms with E-state index < -0.39 is 35.5 Å². The van der Waals surface area contributed by atoms with Crippen LogP contribution in [-0.4, -0.2) is 33.9 Å². The van der Waals surface area contributed by atoms with Gasteiger partial charge in [0.2, 0.25) is 5.88 Å². The molecule has 0 bridgehead atoms. The number of carbonyl (C=O) groups is 2. The summed E-state index contributed by atoms with van der Waals surface area (Å²) in [5.74, 6) is -2.65. The number of aromatic carboxylic acids is 1. The summed E-state index contributed by atoms with van der Waals surface area (Å²) in [6.45, 7) is 1.70. The number of carboxylic acids is 1. The number of rotatable bonds is 5. The van der Waals surface area contributed by atoms with Crippen molar-refractivity contribution in [2.24, 2.45) is 7.05 Å². The van der Waals surface area contributed by atoms with Crippen LogP contribution in [0.2, 0.25) is 0 Å². The molecule has 0 spiro atoms. The summed E-state index contributed by atoms with van der Waals surface area (Å²) in [5, 5.41) is 12.6. The standard InChI is InChI=1S/C13H12F2N2O5S/c1-5-4-6(9(23-5)13(20)21-3)22-11-7(12(18)19)8(10(14)15)16-17(11)2/h4,10H,1-3H3,(H,18,19). The first-order valence-electron chi connectivity index (χ1n) is 6.21. The minimum atomic E-state index is -3.08. The maximum absolute atomic E-state index is 12.9. The number of aromatic nitrogens is 2. The lowest BCUT2D eigenvalue weighted by Gasteiger charge is -2.07. The average molecular weight is 346 g/mol. The second-order valence-electron chi connectivity index (χ2n) is 4.44. The van der Waals surface area contributed by atoms with Crippen LogP contribution in [0.3, 0.4) is 0 Å². The molecule has 0 aliphatic carbocycles. The van der Waals surface area contributed by atoms with Crippen molar-refractivity contribution in [1.29, 1.82) is 0 Å². The first kappa shape index (κ1) is 16.9. The van der Waals surface area contributed by atoms with Crippen molar-refractivity contribution in [2.45, 2.75) is 13.3 Å². The second kappa shape index (κ2) is 6.32. The van der Waals surface area contributed by atoms with E-state index in [1.54, 1.807) is 6.92 Å². The minimum absolute atomic E-state index is 0.0191. The van der Waals surface area contributed by atoms with Gasteiger partial charge in [0.15, 0.2) is 16.2 Å². The van der Waals surface area contributed by atoms with Crippen molar-refractivity contribution < 1.29 is 33.0 Å². The van der Waals surface area contributed by atoms with Gasteiger partial charge in [0.1, 0.15) is 5.69 Å². The molecule has 1 N–H and O–H groups in total. The number of ether oxygens (including phenoxy) is 2. The molecule has 2 aromatic rings. The van der Waals surface area contributed by atoms with Crippen LogP contribution in [0.15, 0.2) is 6.07 Å². The van der Waals surface area contributed by atoms with E-state index in [2.05, 4.69) is 9.84 Å². The van der Waals surface area contributed by atoms with E-state index in [4.69, 9.17) is 9.84 Å². The molecule has 23 heavy (non-hydrogen) atoms. The summed E-state index contributed by atoms with van der Waals surface area (Å²) in [7, 11) is 2.45. The number of hydrogen-bond donors (Lipinski definition) is 1. The third-order valence-electron chi connectivity index (χ3n) is 2.84. The van der Waals surface area contributed by atoms with E-state index in [0.717, 1.165) is 16.0 Å². The van der Waals surface area contributed by atoms with E-state index in [1.165, 1.54) is 20.2 Å². The number of methoxy groups -OCH3 is 1. The van der Waals surface area contributed by atoms with Gasteiger partial charge in [-0.3, -0.25) is 0 Å². The van der Waals surface area contributed by atoms with Crippen LogP contribution in [0.5, 0.6) is 11.6 Å². The van der Waals surface area contributed by atoms with Crippen LogP contribution in [0.25, 0.3) is 0 Å². The molecule has 2 rings (SSSR count). The van der Waals surface area contributed by atoms with E-state index in [9.17, 15) is 18.4 Å². The van der Waals surface area contributed by atoms with Gasteiger partial charge in [0.05, 0.1) is 7.11 Å². The number of halogens is 2. The van der Waals surface area contributed by atoms with Gasteiger partial charge >= 0.3 is 11.9 Å². The number of hydrogen-bond acceptors (Lipinski definition) is 6. The summed E-state index contributed by atoms with van der Waals surface area (Å²) < 4.78 is 36.7. The normalized spacial score (nSPS) is 10.9. The predicted octanol–water partition coefficient (Wildman–Crippen LogP) is 3.00. The SMILES string of the molecule is COC(=O)c1sc(C)cc1Oc1c(C(=O)O)c(C(F)F)nn1C. The number of carbonyl (C=O) groups excluding carboxylic acids is 1. The molecule has 10 heteroatoms. The van der Waals surface area contributed by atoms with Gasteiger partial charge in [-0.25, -0.2) is 23.1 Å². The molecule has 0 fully saturated rings. The first-order valence-corrected chi connectivity index (χ1v) is 7.02. The average Bonchev–Trinajstić information content (AvgIpc) is 2.99. The molecule has 0 aromatic carbocycles. The summed E-state index contributed by atoms with van der Waals surface area (Å²) in [6.07, 6.45) is -3.08. The molecular weight excluding hydrogens is 334 g/mol. The number of aryl methyl sites for hydroxylation is 2. The first-order chi connectivity index (χ1) is 10.8. The smallest absolute Gasteiger partial charge is 0.351 e. The Morgan fingerprint density at radius 1 is 1.43 bits per heavy atom. The van der Waals surface area contributed by atoms with E-state index >= 15 is 0 Å². The zero-order valence-electron chi connectivity index (χ0n) is 12.3. The largest absolute Gasteiger partial charge is 0.477 e. The van der Waals surface area contributed by atoms with Crippen LogP contribution in [0.4, 0.5) is 8.78 Å². The Balaban J connectivity index is 2.53. The van der Waals surface area contributed by atoms with Crippen molar-refractivity contribution in [3.05, 3.63) is 27.1 Å². The molecule has 0 radical (unpaired) electrons. The Labute approximate surface area is 133 Å². The Bertz CT molecular complexity index is 769. The van der Waals surface area contributed by atoms with Crippen LogP contribution in [-0.2, 0) is 11.8 Å². The molecule has 0 unspecified atom stereocenters. The van der Waals surface area contributed by atoms with Gasteiger partial charge in [0, 0.05) is 11.9 Å². The van der Waals surface area contributed by atoms with Crippen LogP contribution < -0.4 is 4.74 Å². The maximum atomic E-state index is 12.9. The lowest BCUT2D eigenvalue weighted by atomic mass is 10.2. The van der Waals surface area contributed by atoms with Crippen molar-refractivity contribution in [3.8, 4) is 11.6 Å². The highest BCUT2D eigenvalue weighted by atomic mass is 32.1. The Kier molecular flexibility index (Phi) is 4.64. The fourth-order valence-corrected chi connectivity index (χ4v) is 2.76. The Hall–Kier alpha value is -2.49. The van der Waals surface area contributed by atoms with Gasteiger partial charge in [-0.15, -0.1) is 11.3 Å². The fraction of sp³-hybridized carbons (Fsp3) is 0.308. The zero-order valence-corrected chi connectivity index (χ0v) is 13.1. The van der Waals surface area contributed by atoms with Crippen LogP contribution in [0.1, 0.15) is 37.0 Å². The third-order valence-corrected chi connectivity index (χ3v) is 3.85. The summed E-state index contributed by atoms with van der Waals surface area (Å²) in [4.78, 5) is 23.8. The van der Waals surface area contributed by atoms with Crippen LogP contribution in [0, 0.1) is 6.92 Å². The Morgan fingerprint density at radius 3 is 2.61 bits per heavy atom. The number of esters is 1. The lowest BCUT2D eigenvalue weighted by Crippen LogP contribution is -2.05. The molecule has 2 aromatic heterocycles. The molecule has 0 saturated heterocycles. The topological polar surface area (TPSA) is 90.7 Å². The molecule has 124 valence electrons. The van der Waals surface area contributed by atoms with Crippen molar-refractivity contribution in [2.75, 3.05) is 7.11 Å². The van der Waals surface area contributed by atoms with Crippen LogP contribution >= 0.6 is 11.3 Å². The Morgan fingerprint density at radius 2 is 2.09 bits per heavy atom. The predicted molar refractivity (Wildman–Crippen MR) is 75.6 cm³/mol. The molecule has 0 amide bonds. The van der Waals surface area contributed by atoms with Gasteiger partial charge in [-0.1, -0.05) is 0 Å². The third kappa shape index (κ3) is 3.16. The van der Waals surface area contributed by atoms with Gasteiger partial charge < -0.3 is 14.6 Å². The minimum Gasteiger partial charge on any atom is -0.477 e. The summed E-state index contributed by atoms with van der Waals surface area (Å²) >= 11 is 1.07. The van der Waals surface area contributed by atoms with Crippen molar-refractivity contribution in [1.82, 2.24) is 9.78 Å². The fourth-order valence-electron chi connectivity index (χ4n) is 1.91. The molecule has 0 saturated carbocycles. The van der Waals surface area contributed by atoms with E-state index in [0.29, 0.717) is 4.88 Å². The number of carboxylic acid groups (broad SMARTS) is 1. The number of alkyl halides is 2. The van der Waals surface area contributed by atoms with E-state index in [-0.39, 0.29) is 10.6 Å². The molecule has 0 aliphatic rings. The second-order valence-corrected chi connectivity index (χ2v) is 5.70. The molecular formula is C13H12F2N2O5S.